The highest BCUT2D eigenvalue weighted by Gasteiger charge is 2.20. The van der Waals surface area contributed by atoms with Crippen molar-refractivity contribution in [3.63, 3.8) is 0 Å². The Hall–Kier alpha value is -2.31. The average molecular weight is 386 g/mol. The first-order chi connectivity index (χ1) is 12.9. The van der Waals surface area contributed by atoms with Gasteiger partial charge in [0.15, 0.2) is 0 Å². The molecule has 6 heteroatoms. The fraction of sp³-hybridized carbons (Fsp3) is 0.333. The first-order valence-electron chi connectivity index (χ1n) is 9.22. The smallest absolute Gasteiger partial charge is 0.211 e. The maximum absolute atomic E-state index is 12.2. The van der Waals surface area contributed by atoms with Gasteiger partial charge in [0.1, 0.15) is 0 Å². The Morgan fingerprint density at radius 1 is 1.07 bits per heavy atom. The summed E-state index contributed by atoms with van der Waals surface area (Å²) in [5.41, 5.74) is 4.36. The number of H-pyrrole nitrogens is 1. The molecule has 2 N–H and O–H groups in total. The molecule has 0 saturated heterocycles. The van der Waals surface area contributed by atoms with Crippen molar-refractivity contribution >= 4 is 26.6 Å². The number of aromatic amines is 1. The highest BCUT2D eigenvalue weighted by Crippen LogP contribution is 2.31. The van der Waals surface area contributed by atoms with Gasteiger partial charge < -0.3 is 9.88 Å². The predicted molar refractivity (Wildman–Crippen MR) is 113 cm³/mol. The lowest BCUT2D eigenvalue weighted by molar-refractivity contribution is 0.576. The first kappa shape index (κ1) is 19.5. The molecule has 0 amide bonds. The molecule has 1 aromatic heterocycles. The SMILES string of the molecule is CCCS(=O)(=O)NC[C@@H](c1ccc(N(C)C)cc1)c1c[nH]c2ccccc12. The third-order valence-corrected chi connectivity index (χ3v) is 6.34. The molecule has 0 saturated carbocycles. The number of sulfonamides is 1. The van der Waals surface area contributed by atoms with Crippen LogP contribution in [0.15, 0.2) is 54.7 Å². The van der Waals surface area contributed by atoms with Crippen molar-refractivity contribution in [2.24, 2.45) is 0 Å². The zero-order valence-corrected chi connectivity index (χ0v) is 16.9. The van der Waals surface area contributed by atoms with Gasteiger partial charge >= 0.3 is 0 Å². The van der Waals surface area contributed by atoms with E-state index in [4.69, 9.17) is 0 Å². The van der Waals surface area contributed by atoms with Crippen LogP contribution in [-0.2, 0) is 10.0 Å². The highest BCUT2D eigenvalue weighted by atomic mass is 32.2. The summed E-state index contributed by atoms with van der Waals surface area (Å²) < 4.78 is 27.2. The van der Waals surface area contributed by atoms with E-state index in [1.165, 1.54) is 0 Å². The second-order valence-electron chi connectivity index (χ2n) is 7.00. The van der Waals surface area contributed by atoms with E-state index in [1.54, 1.807) is 0 Å². The topological polar surface area (TPSA) is 65.2 Å². The number of aromatic nitrogens is 1. The molecule has 144 valence electrons. The minimum Gasteiger partial charge on any atom is -0.378 e. The number of fused-ring (bicyclic) bond motifs is 1. The molecule has 0 spiro atoms. The molecule has 0 aliphatic heterocycles. The van der Waals surface area contributed by atoms with Crippen LogP contribution >= 0.6 is 0 Å². The number of benzene rings is 2. The number of rotatable bonds is 8. The molecular formula is C21H27N3O2S. The van der Waals surface area contributed by atoms with Crippen LogP contribution in [0, 0.1) is 0 Å². The van der Waals surface area contributed by atoms with Crippen LogP contribution in [0.4, 0.5) is 5.69 Å². The van der Waals surface area contributed by atoms with Crippen molar-refractivity contribution in [3.05, 3.63) is 65.9 Å². The Morgan fingerprint density at radius 3 is 2.44 bits per heavy atom. The molecule has 0 aliphatic rings. The summed E-state index contributed by atoms with van der Waals surface area (Å²) in [5, 5.41) is 1.12. The van der Waals surface area contributed by atoms with E-state index in [9.17, 15) is 8.42 Å². The first-order valence-corrected chi connectivity index (χ1v) is 10.9. The van der Waals surface area contributed by atoms with E-state index in [2.05, 4.69) is 44.9 Å². The maximum atomic E-state index is 12.2. The summed E-state index contributed by atoms with van der Waals surface area (Å²) in [5.74, 6) is 0.0803. The van der Waals surface area contributed by atoms with Crippen LogP contribution in [-0.4, -0.2) is 39.8 Å². The van der Waals surface area contributed by atoms with Crippen molar-refractivity contribution in [1.29, 1.82) is 0 Å². The van der Waals surface area contributed by atoms with Gasteiger partial charge in [0.25, 0.3) is 0 Å². The molecule has 1 atom stereocenters. The van der Waals surface area contributed by atoms with Crippen LogP contribution in [0.5, 0.6) is 0 Å². The third-order valence-electron chi connectivity index (χ3n) is 4.79. The second kappa shape index (κ2) is 8.15. The lowest BCUT2D eigenvalue weighted by Crippen LogP contribution is -2.30. The van der Waals surface area contributed by atoms with Crippen LogP contribution in [0.25, 0.3) is 10.9 Å². The number of nitrogens with one attached hydrogen (secondary N) is 2. The number of para-hydroxylation sites is 1. The zero-order chi connectivity index (χ0) is 19.4. The van der Waals surface area contributed by atoms with Gasteiger partial charge in [-0.05, 0) is 35.7 Å². The molecule has 0 radical (unpaired) electrons. The van der Waals surface area contributed by atoms with Crippen LogP contribution in [0.1, 0.15) is 30.4 Å². The van der Waals surface area contributed by atoms with E-state index >= 15 is 0 Å². The lowest BCUT2D eigenvalue weighted by Gasteiger charge is -2.20. The summed E-state index contributed by atoms with van der Waals surface area (Å²) in [6.45, 7) is 2.21. The molecule has 27 heavy (non-hydrogen) atoms. The van der Waals surface area contributed by atoms with Gasteiger partial charge in [-0.3, -0.25) is 0 Å². The Labute approximate surface area is 161 Å². The number of hydrogen-bond donors (Lipinski definition) is 2. The number of hydrogen-bond acceptors (Lipinski definition) is 3. The molecule has 0 unspecified atom stereocenters. The summed E-state index contributed by atoms with van der Waals surface area (Å²) >= 11 is 0. The molecular weight excluding hydrogens is 358 g/mol. The van der Waals surface area contributed by atoms with Crippen molar-refractivity contribution < 1.29 is 8.42 Å². The van der Waals surface area contributed by atoms with Gasteiger partial charge in [0, 0.05) is 49.3 Å². The van der Waals surface area contributed by atoms with Gasteiger partial charge in [0.2, 0.25) is 10.0 Å². The summed E-state index contributed by atoms with van der Waals surface area (Å²) in [4.78, 5) is 5.35. The average Bonchev–Trinajstić information content (AvgIpc) is 3.06. The van der Waals surface area contributed by atoms with Gasteiger partial charge in [-0.2, -0.15) is 0 Å². The van der Waals surface area contributed by atoms with Gasteiger partial charge in [0.05, 0.1) is 5.75 Å². The van der Waals surface area contributed by atoms with Gasteiger partial charge in [-0.1, -0.05) is 37.3 Å². The van der Waals surface area contributed by atoms with Crippen LogP contribution in [0.2, 0.25) is 0 Å². The normalized spacial score (nSPS) is 13.0. The zero-order valence-electron chi connectivity index (χ0n) is 16.1. The predicted octanol–water partition coefficient (Wildman–Crippen LogP) is 3.70. The highest BCUT2D eigenvalue weighted by molar-refractivity contribution is 7.89. The quantitative estimate of drug-likeness (QED) is 0.621. The number of nitrogens with zero attached hydrogens (tertiary/aromatic N) is 1. The summed E-state index contributed by atoms with van der Waals surface area (Å²) in [6.07, 6.45) is 2.59. The van der Waals surface area contributed by atoms with E-state index in [0.29, 0.717) is 13.0 Å². The molecule has 3 rings (SSSR count). The number of anilines is 1. The molecule has 2 aromatic carbocycles. The minimum absolute atomic E-state index is 0.0657. The van der Waals surface area contributed by atoms with E-state index in [1.807, 2.05) is 45.4 Å². The molecule has 1 heterocycles. The largest absolute Gasteiger partial charge is 0.378 e. The second-order valence-corrected chi connectivity index (χ2v) is 8.92. The lowest BCUT2D eigenvalue weighted by atomic mass is 9.91. The summed E-state index contributed by atoms with van der Waals surface area (Å²) in [7, 11) is 0.741. The van der Waals surface area contributed by atoms with Gasteiger partial charge in [-0.15, -0.1) is 0 Å². The molecule has 3 aromatic rings. The third kappa shape index (κ3) is 4.51. The van der Waals surface area contributed by atoms with Gasteiger partial charge in [-0.25, -0.2) is 13.1 Å². The van der Waals surface area contributed by atoms with Crippen LogP contribution in [0.3, 0.4) is 0 Å². The van der Waals surface area contributed by atoms with Crippen molar-refractivity contribution in [1.82, 2.24) is 9.71 Å². The van der Waals surface area contributed by atoms with E-state index in [-0.39, 0.29) is 11.7 Å². The Kier molecular flexibility index (Phi) is 5.87. The standard InChI is InChI=1S/C21H27N3O2S/c1-4-13-27(25,26)23-15-19(16-9-11-17(12-10-16)24(2)3)20-14-22-21-8-6-5-7-18(20)21/h5-12,14,19,22-23H,4,13,15H2,1-3H3/t19-/m0/s1. The fourth-order valence-electron chi connectivity index (χ4n) is 3.35. The molecule has 5 nitrogen and oxygen atoms in total. The van der Waals surface area contributed by atoms with E-state index in [0.717, 1.165) is 27.7 Å². The monoisotopic (exact) mass is 385 g/mol. The van der Waals surface area contributed by atoms with Crippen molar-refractivity contribution in [3.8, 4) is 0 Å². The molecule has 0 fully saturated rings. The minimum atomic E-state index is -3.27. The van der Waals surface area contributed by atoms with E-state index < -0.39 is 10.0 Å². The summed E-state index contributed by atoms with van der Waals surface area (Å²) in [6, 6.07) is 16.4. The Bertz CT molecular complexity index is 992. The Morgan fingerprint density at radius 2 is 1.78 bits per heavy atom. The van der Waals surface area contributed by atoms with Crippen molar-refractivity contribution in [2.75, 3.05) is 31.3 Å². The maximum Gasteiger partial charge on any atom is 0.211 e. The molecule has 0 aliphatic carbocycles. The Balaban J connectivity index is 1.98. The van der Waals surface area contributed by atoms with Crippen LogP contribution < -0.4 is 9.62 Å². The fourth-order valence-corrected chi connectivity index (χ4v) is 4.45. The van der Waals surface area contributed by atoms with Crippen molar-refractivity contribution in [2.45, 2.75) is 19.3 Å². The molecule has 0 bridgehead atoms.